The minimum Gasteiger partial charge on any atom is -0.325 e. The number of thioether (sulfide) groups is 1. The van der Waals surface area contributed by atoms with E-state index < -0.39 is 0 Å². The van der Waals surface area contributed by atoms with Crippen LogP contribution >= 0.6 is 23.1 Å². The molecule has 0 radical (unpaired) electrons. The maximum absolute atomic E-state index is 12.8. The average Bonchev–Trinajstić information content (AvgIpc) is 3.03. The molecule has 6 nitrogen and oxygen atoms in total. The fraction of sp³-hybridized carbons (Fsp3) is 0.375. The molecule has 0 bridgehead atoms. The average molecular weight is 382 g/mol. The van der Waals surface area contributed by atoms with E-state index >= 15 is 0 Å². The summed E-state index contributed by atoms with van der Waals surface area (Å²) in [6.45, 7) is 3.93. The normalized spacial score (nSPS) is 10.7. The van der Waals surface area contributed by atoms with Gasteiger partial charge in [-0.25, -0.2) is 4.39 Å². The van der Waals surface area contributed by atoms with Gasteiger partial charge in [0.1, 0.15) is 5.82 Å². The van der Waals surface area contributed by atoms with Crippen molar-refractivity contribution in [2.24, 2.45) is 5.92 Å². The lowest BCUT2D eigenvalue weighted by atomic mass is 10.0. The Kier molecular flexibility index (Phi) is 7.32. The molecule has 2 rings (SSSR count). The van der Waals surface area contributed by atoms with Crippen LogP contribution in [-0.2, 0) is 9.59 Å². The largest absolute Gasteiger partial charge is 0.325 e. The van der Waals surface area contributed by atoms with Crippen LogP contribution in [0.25, 0.3) is 0 Å². The summed E-state index contributed by atoms with van der Waals surface area (Å²) in [6, 6.07) is 5.55. The van der Waals surface area contributed by atoms with Crippen molar-refractivity contribution in [2.45, 2.75) is 31.0 Å². The summed E-state index contributed by atoms with van der Waals surface area (Å²) in [5.74, 6) is -0.543. The highest BCUT2D eigenvalue weighted by atomic mass is 32.2. The third-order valence-corrected chi connectivity index (χ3v) is 5.42. The van der Waals surface area contributed by atoms with Gasteiger partial charge in [0, 0.05) is 11.6 Å². The monoisotopic (exact) mass is 382 g/mol. The van der Waals surface area contributed by atoms with Crippen molar-refractivity contribution in [2.75, 3.05) is 16.4 Å². The topological polar surface area (TPSA) is 84.0 Å². The van der Waals surface area contributed by atoms with Gasteiger partial charge in [-0.3, -0.25) is 9.59 Å². The maximum atomic E-state index is 12.8. The molecule has 2 N–H and O–H groups in total. The van der Waals surface area contributed by atoms with Crippen molar-refractivity contribution in [1.29, 1.82) is 0 Å². The Bertz CT molecular complexity index is 717. The molecule has 1 aromatic carbocycles. The highest BCUT2D eigenvalue weighted by molar-refractivity contribution is 8.01. The quantitative estimate of drug-likeness (QED) is 0.536. The molecule has 0 saturated carbocycles. The minimum absolute atomic E-state index is 0.0403. The molecule has 0 aliphatic rings. The second-order valence-electron chi connectivity index (χ2n) is 5.22. The molecule has 0 atom stereocenters. The van der Waals surface area contributed by atoms with Crippen LogP contribution in [0.15, 0.2) is 28.6 Å². The van der Waals surface area contributed by atoms with Crippen LogP contribution in [0.4, 0.5) is 15.2 Å². The number of halogens is 1. The van der Waals surface area contributed by atoms with Gasteiger partial charge < -0.3 is 10.6 Å². The highest BCUT2D eigenvalue weighted by Crippen LogP contribution is 2.26. The molecule has 1 aromatic heterocycles. The Morgan fingerprint density at radius 2 is 1.84 bits per heavy atom. The molecule has 9 heteroatoms. The van der Waals surface area contributed by atoms with Crippen molar-refractivity contribution in [1.82, 2.24) is 10.2 Å². The number of benzene rings is 1. The number of amides is 2. The first-order valence-corrected chi connectivity index (χ1v) is 9.64. The summed E-state index contributed by atoms with van der Waals surface area (Å²) in [4.78, 5) is 23.9. The van der Waals surface area contributed by atoms with Crippen molar-refractivity contribution < 1.29 is 14.0 Å². The lowest BCUT2D eigenvalue weighted by Gasteiger charge is -2.09. The Morgan fingerprint density at radius 1 is 1.16 bits per heavy atom. The van der Waals surface area contributed by atoms with Gasteiger partial charge in [0.05, 0.1) is 5.75 Å². The van der Waals surface area contributed by atoms with Crippen LogP contribution in [0.1, 0.15) is 26.7 Å². The van der Waals surface area contributed by atoms with Gasteiger partial charge in [-0.15, -0.1) is 10.2 Å². The van der Waals surface area contributed by atoms with Crippen molar-refractivity contribution in [3.8, 4) is 0 Å². The van der Waals surface area contributed by atoms with E-state index in [1.807, 2.05) is 13.8 Å². The fourth-order valence-corrected chi connectivity index (χ4v) is 3.60. The van der Waals surface area contributed by atoms with Gasteiger partial charge in [-0.05, 0) is 37.1 Å². The molecule has 134 valence electrons. The van der Waals surface area contributed by atoms with Gasteiger partial charge in [0.15, 0.2) is 4.34 Å². The SMILES string of the molecule is CCC(CC)C(=O)Nc1nnc(SCC(=O)Nc2ccc(F)cc2)s1. The molecule has 0 fully saturated rings. The highest BCUT2D eigenvalue weighted by Gasteiger charge is 2.16. The van der Waals surface area contributed by atoms with Crippen LogP contribution in [0.3, 0.4) is 0 Å². The summed E-state index contributed by atoms with van der Waals surface area (Å²) >= 11 is 2.46. The van der Waals surface area contributed by atoms with E-state index in [0.29, 0.717) is 15.2 Å². The first-order chi connectivity index (χ1) is 12.0. The number of carbonyl (C=O) groups is 2. The van der Waals surface area contributed by atoms with E-state index in [0.717, 1.165) is 12.8 Å². The Labute approximate surface area is 153 Å². The van der Waals surface area contributed by atoms with E-state index in [1.165, 1.54) is 47.4 Å². The fourth-order valence-electron chi connectivity index (χ4n) is 2.04. The Hall–Kier alpha value is -2.00. The van der Waals surface area contributed by atoms with Crippen LogP contribution in [0, 0.1) is 11.7 Å². The molecule has 2 aromatic rings. The summed E-state index contributed by atoms with van der Waals surface area (Å²) in [6.07, 6.45) is 1.54. The molecule has 0 aliphatic heterocycles. The molecule has 0 unspecified atom stereocenters. The second kappa shape index (κ2) is 9.47. The molecule has 1 heterocycles. The maximum Gasteiger partial charge on any atom is 0.234 e. The van der Waals surface area contributed by atoms with Gasteiger partial charge in [0.25, 0.3) is 0 Å². The number of nitrogens with one attached hydrogen (secondary N) is 2. The molecule has 25 heavy (non-hydrogen) atoms. The second-order valence-corrected chi connectivity index (χ2v) is 7.42. The molecular formula is C16H19FN4O2S2. The summed E-state index contributed by atoms with van der Waals surface area (Å²) in [7, 11) is 0. The number of rotatable bonds is 8. The third kappa shape index (κ3) is 6.09. The lowest BCUT2D eigenvalue weighted by Crippen LogP contribution is -2.21. The Morgan fingerprint density at radius 3 is 2.48 bits per heavy atom. The van der Waals surface area contributed by atoms with E-state index in [-0.39, 0.29) is 29.3 Å². The van der Waals surface area contributed by atoms with Gasteiger partial charge in [-0.2, -0.15) is 0 Å². The number of carbonyl (C=O) groups excluding carboxylic acids is 2. The van der Waals surface area contributed by atoms with Crippen molar-refractivity contribution >= 4 is 45.7 Å². The third-order valence-electron chi connectivity index (χ3n) is 3.45. The van der Waals surface area contributed by atoms with Crippen molar-refractivity contribution in [3.63, 3.8) is 0 Å². The summed E-state index contributed by atoms with van der Waals surface area (Å²) in [5, 5.41) is 13.7. The van der Waals surface area contributed by atoms with Gasteiger partial charge in [-0.1, -0.05) is 36.9 Å². The van der Waals surface area contributed by atoms with Crippen LogP contribution in [-0.4, -0.2) is 27.8 Å². The molecule has 0 saturated heterocycles. The van der Waals surface area contributed by atoms with E-state index in [1.54, 1.807) is 0 Å². The van der Waals surface area contributed by atoms with E-state index in [4.69, 9.17) is 0 Å². The lowest BCUT2D eigenvalue weighted by molar-refractivity contribution is -0.120. The van der Waals surface area contributed by atoms with Crippen molar-refractivity contribution in [3.05, 3.63) is 30.1 Å². The number of aromatic nitrogens is 2. The molecular weight excluding hydrogens is 363 g/mol. The minimum atomic E-state index is -0.357. The zero-order valence-corrected chi connectivity index (χ0v) is 15.5. The first-order valence-electron chi connectivity index (χ1n) is 7.84. The Balaban J connectivity index is 1.81. The van der Waals surface area contributed by atoms with Gasteiger partial charge in [0.2, 0.25) is 16.9 Å². The molecule has 0 aliphatic carbocycles. The van der Waals surface area contributed by atoms with Crippen LogP contribution in [0.2, 0.25) is 0 Å². The predicted molar refractivity (Wildman–Crippen MR) is 98.4 cm³/mol. The predicted octanol–water partition coefficient (Wildman–Crippen LogP) is 3.78. The standard InChI is InChI=1S/C16H19FN4O2S2/c1-3-10(4-2)14(23)19-15-20-21-16(25-15)24-9-13(22)18-12-7-5-11(17)6-8-12/h5-8,10H,3-4,9H2,1-2H3,(H,18,22)(H,19,20,23). The van der Waals surface area contributed by atoms with Gasteiger partial charge >= 0.3 is 0 Å². The number of hydrogen-bond acceptors (Lipinski definition) is 6. The molecule has 2 amide bonds. The first kappa shape index (κ1) is 19.3. The number of nitrogens with zero attached hydrogens (tertiary/aromatic N) is 2. The number of anilines is 2. The van der Waals surface area contributed by atoms with E-state index in [2.05, 4.69) is 20.8 Å². The van der Waals surface area contributed by atoms with Crippen LogP contribution < -0.4 is 10.6 Å². The zero-order chi connectivity index (χ0) is 18.2. The van der Waals surface area contributed by atoms with Crippen LogP contribution in [0.5, 0.6) is 0 Å². The summed E-state index contributed by atoms with van der Waals surface area (Å²) in [5.41, 5.74) is 0.530. The smallest absolute Gasteiger partial charge is 0.234 e. The van der Waals surface area contributed by atoms with E-state index in [9.17, 15) is 14.0 Å². The molecule has 0 spiro atoms. The summed E-state index contributed by atoms with van der Waals surface area (Å²) < 4.78 is 13.4. The number of hydrogen-bond donors (Lipinski definition) is 2. The zero-order valence-electron chi connectivity index (χ0n) is 13.9.